The molecule has 1 saturated carbocycles. The molecule has 2 atom stereocenters. The van der Waals surface area contributed by atoms with Crippen LogP contribution in [0, 0.1) is 5.92 Å². The number of nitrogens with zero attached hydrogens (tertiary/aromatic N) is 2. The van der Waals surface area contributed by atoms with E-state index in [-0.39, 0.29) is 24.0 Å². The largest absolute Gasteiger partial charge is 0.461 e. The van der Waals surface area contributed by atoms with E-state index < -0.39 is 0 Å². The highest BCUT2D eigenvalue weighted by atomic mass is 16.6. The van der Waals surface area contributed by atoms with Crippen LogP contribution in [0.3, 0.4) is 0 Å². The first-order valence-electron chi connectivity index (χ1n) is 8.38. The van der Waals surface area contributed by atoms with E-state index in [1.54, 1.807) is 0 Å². The van der Waals surface area contributed by atoms with Gasteiger partial charge in [0, 0.05) is 38.5 Å². The van der Waals surface area contributed by atoms with Crippen molar-refractivity contribution in [1.82, 2.24) is 9.80 Å². The lowest BCUT2D eigenvalue weighted by molar-refractivity contribution is -0.146. The zero-order valence-electron chi connectivity index (χ0n) is 12.9. The Labute approximate surface area is 126 Å². The van der Waals surface area contributed by atoms with Crippen molar-refractivity contribution in [1.29, 1.82) is 0 Å². The number of carbonyl (C=O) groups excluding carboxylic acids is 2. The third-order valence-electron chi connectivity index (χ3n) is 5.17. The second-order valence-electron chi connectivity index (χ2n) is 6.70. The summed E-state index contributed by atoms with van der Waals surface area (Å²) in [5, 5.41) is 0. The van der Waals surface area contributed by atoms with Crippen LogP contribution in [0.1, 0.15) is 45.4 Å². The minimum Gasteiger partial charge on any atom is -0.461 e. The van der Waals surface area contributed by atoms with E-state index in [1.807, 2.05) is 11.8 Å². The predicted octanol–water partition coefficient (Wildman–Crippen LogP) is 1.41. The summed E-state index contributed by atoms with van der Waals surface area (Å²) in [6, 6.07) is -0.0908. The molecule has 0 aromatic carbocycles. The average Bonchev–Trinajstić information content (AvgIpc) is 2.86. The standard InChI is InChI=1S/C16H26N2O3/c1-12-11-14(16(20)21-12)17-7-9-18(10-8-17)15(19)13-5-3-2-4-6-13/h12-14H,2-11H2,1H3. The number of carbonyl (C=O) groups is 2. The Morgan fingerprint density at radius 3 is 2.33 bits per heavy atom. The Morgan fingerprint density at radius 1 is 1.10 bits per heavy atom. The van der Waals surface area contributed by atoms with Gasteiger partial charge in [-0.3, -0.25) is 14.5 Å². The van der Waals surface area contributed by atoms with Gasteiger partial charge in [0.1, 0.15) is 12.1 Å². The summed E-state index contributed by atoms with van der Waals surface area (Å²) in [6.45, 7) is 5.05. The molecule has 3 fully saturated rings. The summed E-state index contributed by atoms with van der Waals surface area (Å²) < 4.78 is 5.24. The number of piperazine rings is 1. The molecule has 5 nitrogen and oxygen atoms in total. The van der Waals surface area contributed by atoms with Gasteiger partial charge in [-0.05, 0) is 19.8 Å². The van der Waals surface area contributed by atoms with E-state index in [0.717, 1.165) is 45.4 Å². The van der Waals surface area contributed by atoms with Gasteiger partial charge in [-0.25, -0.2) is 0 Å². The molecular formula is C16H26N2O3. The molecule has 2 unspecified atom stereocenters. The van der Waals surface area contributed by atoms with Crippen molar-refractivity contribution in [3.8, 4) is 0 Å². The van der Waals surface area contributed by atoms with Crippen LogP contribution in [0.2, 0.25) is 0 Å². The highest BCUT2D eigenvalue weighted by Gasteiger charge is 2.38. The van der Waals surface area contributed by atoms with Crippen molar-refractivity contribution >= 4 is 11.9 Å². The normalized spacial score (nSPS) is 32.2. The zero-order chi connectivity index (χ0) is 14.8. The Balaban J connectivity index is 1.50. The minimum absolute atomic E-state index is 0.0319. The third kappa shape index (κ3) is 3.23. The van der Waals surface area contributed by atoms with Gasteiger partial charge < -0.3 is 9.64 Å². The molecule has 3 aliphatic rings. The first-order valence-corrected chi connectivity index (χ1v) is 8.38. The van der Waals surface area contributed by atoms with E-state index in [1.165, 1.54) is 19.3 Å². The smallest absolute Gasteiger partial charge is 0.323 e. The third-order valence-corrected chi connectivity index (χ3v) is 5.17. The Morgan fingerprint density at radius 2 is 1.76 bits per heavy atom. The summed E-state index contributed by atoms with van der Waals surface area (Å²) >= 11 is 0. The molecule has 0 spiro atoms. The number of amides is 1. The van der Waals surface area contributed by atoms with Crippen molar-refractivity contribution in [2.24, 2.45) is 5.92 Å². The number of hydrogen-bond donors (Lipinski definition) is 0. The van der Waals surface area contributed by atoms with Crippen molar-refractivity contribution in [3.05, 3.63) is 0 Å². The molecule has 3 rings (SSSR count). The molecule has 21 heavy (non-hydrogen) atoms. The molecule has 2 aliphatic heterocycles. The highest BCUT2D eigenvalue weighted by molar-refractivity contribution is 5.79. The van der Waals surface area contributed by atoms with E-state index in [4.69, 9.17) is 4.74 Å². The molecular weight excluding hydrogens is 268 g/mol. The lowest BCUT2D eigenvalue weighted by Gasteiger charge is -2.38. The number of hydrogen-bond acceptors (Lipinski definition) is 4. The van der Waals surface area contributed by atoms with Gasteiger partial charge in [0.15, 0.2) is 0 Å². The molecule has 5 heteroatoms. The Bertz CT molecular complexity index is 398. The van der Waals surface area contributed by atoms with Crippen LogP contribution < -0.4 is 0 Å². The van der Waals surface area contributed by atoms with Crippen LogP contribution >= 0.6 is 0 Å². The van der Waals surface area contributed by atoms with E-state index in [0.29, 0.717) is 5.91 Å². The maximum absolute atomic E-state index is 12.5. The van der Waals surface area contributed by atoms with Gasteiger partial charge in [0.2, 0.25) is 5.91 Å². The second-order valence-corrected chi connectivity index (χ2v) is 6.70. The van der Waals surface area contributed by atoms with Gasteiger partial charge in [-0.1, -0.05) is 19.3 Å². The Kier molecular flexibility index (Phi) is 4.48. The topological polar surface area (TPSA) is 49.9 Å². The fourth-order valence-corrected chi connectivity index (χ4v) is 3.90. The van der Waals surface area contributed by atoms with E-state index >= 15 is 0 Å². The van der Waals surface area contributed by atoms with E-state index in [9.17, 15) is 9.59 Å². The van der Waals surface area contributed by atoms with Crippen molar-refractivity contribution in [3.63, 3.8) is 0 Å². The molecule has 1 amide bonds. The summed E-state index contributed by atoms with van der Waals surface area (Å²) in [5.74, 6) is 0.507. The van der Waals surface area contributed by atoms with Crippen LogP contribution in [0.4, 0.5) is 0 Å². The zero-order valence-corrected chi connectivity index (χ0v) is 12.9. The highest BCUT2D eigenvalue weighted by Crippen LogP contribution is 2.26. The molecule has 0 aromatic rings. The first-order chi connectivity index (χ1) is 10.1. The number of rotatable bonds is 2. The summed E-state index contributed by atoms with van der Waals surface area (Å²) in [6.07, 6.45) is 6.61. The predicted molar refractivity (Wildman–Crippen MR) is 78.7 cm³/mol. The lowest BCUT2D eigenvalue weighted by atomic mass is 9.88. The van der Waals surface area contributed by atoms with Crippen LogP contribution in [0.5, 0.6) is 0 Å². The van der Waals surface area contributed by atoms with E-state index in [2.05, 4.69) is 4.90 Å². The SMILES string of the molecule is CC1CC(N2CCN(C(=O)C3CCCCC3)CC2)C(=O)O1. The molecule has 118 valence electrons. The van der Waals surface area contributed by atoms with Crippen molar-refractivity contribution < 1.29 is 14.3 Å². The summed E-state index contributed by atoms with van der Waals surface area (Å²) in [4.78, 5) is 28.5. The van der Waals surface area contributed by atoms with Crippen LogP contribution in [-0.4, -0.2) is 60.0 Å². The molecule has 2 saturated heterocycles. The van der Waals surface area contributed by atoms with Gasteiger partial charge in [-0.15, -0.1) is 0 Å². The van der Waals surface area contributed by atoms with Gasteiger partial charge in [0.25, 0.3) is 0 Å². The molecule has 2 heterocycles. The van der Waals surface area contributed by atoms with Crippen molar-refractivity contribution in [2.45, 2.75) is 57.6 Å². The molecule has 0 bridgehead atoms. The summed E-state index contributed by atoms with van der Waals surface area (Å²) in [5.41, 5.74) is 0. The maximum atomic E-state index is 12.5. The van der Waals surface area contributed by atoms with Crippen LogP contribution in [0.25, 0.3) is 0 Å². The van der Waals surface area contributed by atoms with Gasteiger partial charge in [0.05, 0.1) is 0 Å². The summed E-state index contributed by atoms with van der Waals surface area (Å²) in [7, 11) is 0. The van der Waals surface area contributed by atoms with Crippen LogP contribution in [-0.2, 0) is 14.3 Å². The molecule has 0 aromatic heterocycles. The van der Waals surface area contributed by atoms with Gasteiger partial charge >= 0.3 is 5.97 Å². The molecule has 0 radical (unpaired) electrons. The average molecular weight is 294 g/mol. The Hall–Kier alpha value is -1.10. The minimum atomic E-state index is -0.0908. The first kappa shape index (κ1) is 14.8. The molecule has 0 N–H and O–H groups in total. The maximum Gasteiger partial charge on any atom is 0.323 e. The number of esters is 1. The lowest BCUT2D eigenvalue weighted by Crippen LogP contribution is -2.54. The fourth-order valence-electron chi connectivity index (χ4n) is 3.90. The fraction of sp³-hybridized carbons (Fsp3) is 0.875. The van der Waals surface area contributed by atoms with Crippen LogP contribution in [0.15, 0.2) is 0 Å². The molecule has 1 aliphatic carbocycles. The number of cyclic esters (lactones) is 1. The quantitative estimate of drug-likeness (QED) is 0.723. The number of ether oxygens (including phenoxy) is 1. The van der Waals surface area contributed by atoms with Crippen molar-refractivity contribution in [2.75, 3.05) is 26.2 Å². The monoisotopic (exact) mass is 294 g/mol. The van der Waals surface area contributed by atoms with Gasteiger partial charge in [-0.2, -0.15) is 0 Å². The second kappa shape index (κ2) is 6.34.